The van der Waals surface area contributed by atoms with Crippen LogP contribution in [0.5, 0.6) is 0 Å². The van der Waals surface area contributed by atoms with Gasteiger partial charge in [0.1, 0.15) is 0 Å². The van der Waals surface area contributed by atoms with Crippen LogP contribution in [0.1, 0.15) is 35.4 Å². The lowest BCUT2D eigenvalue weighted by molar-refractivity contribution is 0.214. The molecule has 1 fully saturated rings. The molecule has 2 aromatic rings. The largest absolute Gasteiger partial charge is 0.341 e. The summed E-state index contributed by atoms with van der Waals surface area (Å²) in [5.74, 6) is 0.862. The number of nitrogens with one attached hydrogen (secondary N) is 1. The van der Waals surface area contributed by atoms with Gasteiger partial charge in [0, 0.05) is 44.0 Å². The van der Waals surface area contributed by atoms with Gasteiger partial charge in [-0.3, -0.25) is 0 Å². The molecule has 0 bridgehead atoms. The predicted molar refractivity (Wildman–Crippen MR) is 107 cm³/mol. The van der Waals surface area contributed by atoms with Crippen molar-refractivity contribution in [3.05, 3.63) is 46.8 Å². The van der Waals surface area contributed by atoms with E-state index < -0.39 is 0 Å². The molecule has 1 aromatic carbocycles. The molecule has 1 saturated heterocycles. The van der Waals surface area contributed by atoms with Gasteiger partial charge in [0.2, 0.25) is 5.95 Å². The molecule has 142 valence electrons. The summed E-state index contributed by atoms with van der Waals surface area (Å²) >= 11 is 0. The van der Waals surface area contributed by atoms with E-state index in [4.69, 9.17) is 9.97 Å². The quantitative estimate of drug-likeness (QED) is 0.887. The van der Waals surface area contributed by atoms with Gasteiger partial charge in [0.15, 0.2) is 0 Å². The minimum Gasteiger partial charge on any atom is -0.341 e. The van der Waals surface area contributed by atoms with Crippen molar-refractivity contribution in [1.82, 2.24) is 14.9 Å². The third-order valence-electron chi connectivity index (χ3n) is 5.52. The Bertz CT molecular complexity index is 827. The molecule has 4 rings (SSSR count). The summed E-state index contributed by atoms with van der Waals surface area (Å²) in [6, 6.07) is 7.85. The number of fused-ring (bicyclic) bond motifs is 1. The van der Waals surface area contributed by atoms with Crippen LogP contribution >= 0.6 is 0 Å². The fourth-order valence-electron chi connectivity index (χ4n) is 3.87. The van der Waals surface area contributed by atoms with Gasteiger partial charge >= 0.3 is 6.03 Å². The third-order valence-corrected chi connectivity index (χ3v) is 5.52. The van der Waals surface area contributed by atoms with E-state index in [1.807, 2.05) is 36.1 Å². The summed E-state index contributed by atoms with van der Waals surface area (Å²) in [6.07, 6.45) is 4.02. The number of nitrogens with zero attached hydrogens (tertiary/aromatic N) is 4. The van der Waals surface area contributed by atoms with E-state index in [0.717, 1.165) is 49.0 Å². The van der Waals surface area contributed by atoms with Crippen LogP contribution in [0.25, 0.3) is 0 Å². The number of amides is 2. The number of urea groups is 1. The maximum atomic E-state index is 12.7. The van der Waals surface area contributed by atoms with Crippen LogP contribution in [-0.4, -0.2) is 47.1 Å². The summed E-state index contributed by atoms with van der Waals surface area (Å²) in [4.78, 5) is 26.5. The van der Waals surface area contributed by atoms with Crippen LogP contribution in [0.4, 0.5) is 16.4 Å². The zero-order valence-electron chi connectivity index (χ0n) is 16.2. The summed E-state index contributed by atoms with van der Waals surface area (Å²) in [6.45, 7) is 7.57. The number of aromatic nitrogens is 2. The highest BCUT2D eigenvalue weighted by molar-refractivity contribution is 5.89. The Morgan fingerprint density at radius 3 is 2.41 bits per heavy atom. The molecular formula is C21H27N5O. The second-order valence-corrected chi connectivity index (χ2v) is 7.51. The Kier molecular flexibility index (Phi) is 4.97. The molecule has 0 saturated carbocycles. The molecule has 0 spiro atoms. The number of anilines is 2. The molecule has 3 heterocycles. The minimum absolute atomic E-state index is 0.0444. The van der Waals surface area contributed by atoms with Crippen LogP contribution in [-0.2, 0) is 12.8 Å². The predicted octanol–water partition coefficient (Wildman–Crippen LogP) is 3.33. The average molecular weight is 365 g/mol. The number of hydrogen-bond donors (Lipinski definition) is 1. The van der Waals surface area contributed by atoms with E-state index >= 15 is 0 Å². The number of rotatable bonds is 2. The zero-order valence-corrected chi connectivity index (χ0v) is 16.2. The Hall–Kier alpha value is -2.63. The summed E-state index contributed by atoms with van der Waals surface area (Å²) in [5.41, 5.74) is 5.39. The first-order valence-electron chi connectivity index (χ1n) is 9.84. The van der Waals surface area contributed by atoms with Crippen molar-refractivity contribution in [3.63, 3.8) is 0 Å². The fourth-order valence-corrected chi connectivity index (χ4v) is 3.87. The highest BCUT2D eigenvalue weighted by Gasteiger charge is 2.23. The van der Waals surface area contributed by atoms with Gasteiger partial charge in [0.05, 0.1) is 5.69 Å². The number of benzene rings is 1. The molecule has 0 unspecified atom stereocenters. The second-order valence-electron chi connectivity index (χ2n) is 7.51. The van der Waals surface area contributed by atoms with Crippen LogP contribution < -0.4 is 10.2 Å². The third kappa shape index (κ3) is 3.89. The van der Waals surface area contributed by atoms with E-state index in [9.17, 15) is 4.79 Å². The van der Waals surface area contributed by atoms with Gasteiger partial charge in [-0.2, -0.15) is 0 Å². The molecule has 6 heteroatoms. The van der Waals surface area contributed by atoms with Crippen molar-refractivity contribution >= 4 is 17.7 Å². The maximum absolute atomic E-state index is 12.7. The van der Waals surface area contributed by atoms with E-state index in [1.54, 1.807) is 0 Å². The number of aryl methyl sites for hydroxylation is 2. The molecule has 1 N–H and O–H groups in total. The van der Waals surface area contributed by atoms with E-state index in [0.29, 0.717) is 13.1 Å². The summed E-state index contributed by atoms with van der Waals surface area (Å²) in [7, 11) is 0. The second kappa shape index (κ2) is 7.55. The summed E-state index contributed by atoms with van der Waals surface area (Å²) in [5, 5.41) is 3.01. The highest BCUT2D eigenvalue weighted by Crippen LogP contribution is 2.23. The lowest BCUT2D eigenvalue weighted by Crippen LogP contribution is -2.36. The molecule has 0 radical (unpaired) electrons. The molecular weight excluding hydrogens is 338 g/mol. The topological polar surface area (TPSA) is 61.4 Å². The molecule has 0 atom stereocenters. The van der Waals surface area contributed by atoms with Crippen molar-refractivity contribution in [2.24, 2.45) is 0 Å². The Morgan fingerprint density at radius 1 is 0.963 bits per heavy atom. The van der Waals surface area contributed by atoms with Gasteiger partial charge in [0.25, 0.3) is 0 Å². The van der Waals surface area contributed by atoms with Crippen LogP contribution in [0.15, 0.2) is 24.3 Å². The normalized spacial score (nSPS) is 16.8. The average Bonchev–Trinajstić information content (AvgIpc) is 3.10. The smallest absolute Gasteiger partial charge is 0.321 e. The zero-order chi connectivity index (χ0) is 18.8. The SMILES string of the molecule is Cc1ccc(NC(=O)N2CCc3nc(N4CCCC4)nc(C)c3CC2)cc1. The molecule has 0 aliphatic carbocycles. The van der Waals surface area contributed by atoms with Gasteiger partial charge in [-0.15, -0.1) is 0 Å². The maximum Gasteiger partial charge on any atom is 0.321 e. The van der Waals surface area contributed by atoms with Crippen molar-refractivity contribution in [3.8, 4) is 0 Å². The number of carbonyl (C=O) groups is 1. The highest BCUT2D eigenvalue weighted by atomic mass is 16.2. The number of carbonyl (C=O) groups excluding carboxylic acids is 1. The van der Waals surface area contributed by atoms with Crippen LogP contribution in [0, 0.1) is 13.8 Å². The first-order chi connectivity index (χ1) is 13.1. The van der Waals surface area contributed by atoms with Crippen LogP contribution in [0.3, 0.4) is 0 Å². The van der Waals surface area contributed by atoms with Crippen molar-refractivity contribution in [2.75, 3.05) is 36.4 Å². The van der Waals surface area contributed by atoms with E-state index in [2.05, 4.69) is 17.1 Å². The molecule has 27 heavy (non-hydrogen) atoms. The monoisotopic (exact) mass is 365 g/mol. The fraction of sp³-hybridized carbons (Fsp3) is 0.476. The van der Waals surface area contributed by atoms with Gasteiger partial charge in [-0.25, -0.2) is 14.8 Å². The van der Waals surface area contributed by atoms with Gasteiger partial charge in [-0.1, -0.05) is 17.7 Å². The van der Waals surface area contributed by atoms with Crippen molar-refractivity contribution in [2.45, 2.75) is 39.5 Å². The molecule has 2 aliphatic rings. The van der Waals surface area contributed by atoms with E-state index in [1.165, 1.54) is 24.0 Å². The van der Waals surface area contributed by atoms with Crippen molar-refractivity contribution in [1.29, 1.82) is 0 Å². The minimum atomic E-state index is -0.0444. The molecule has 2 amide bonds. The first-order valence-corrected chi connectivity index (χ1v) is 9.84. The molecule has 6 nitrogen and oxygen atoms in total. The molecule has 1 aromatic heterocycles. The lowest BCUT2D eigenvalue weighted by Gasteiger charge is -2.20. The van der Waals surface area contributed by atoms with Crippen molar-refractivity contribution < 1.29 is 4.79 Å². The lowest BCUT2D eigenvalue weighted by atomic mass is 10.1. The van der Waals surface area contributed by atoms with E-state index in [-0.39, 0.29) is 6.03 Å². The Balaban J connectivity index is 1.46. The Morgan fingerprint density at radius 2 is 1.67 bits per heavy atom. The number of hydrogen-bond acceptors (Lipinski definition) is 4. The summed E-state index contributed by atoms with van der Waals surface area (Å²) < 4.78 is 0. The van der Waals surface area contributed by atoms with Crippen LogP contribution in [0.2, 0.25) is 0 Å². The first kappa shape index (κ1) is 17.8. The van der Waals surface area contributed by atoms with Gasteiger partial charge < -0.3 is 15.1 Å². The standard InChI is InChI=1S/C21H27N5O/c1-15-5-7-17(8-6-15)23-21(27)26-13-9-18-16(2)22-20(24-19(18)10-14-26)25-11-3-4-12-25/h5-8H,3-4,9-14H2,1-2H3,(H,23,27). The van der Waals surface area contributed by atoms with Gasteiger partial charge in [-0.05, 0) is 50.8 Å². The Labute approximate surface area is 160 Å². The molecule has 2 aliphatic heterocycles.